The highest BCUT2D eigenvalue weighted by Crippen LogP contribution is 2.38. The number of sulfonamides is 1. The predicted octanol–water partition coefficient (Wildman–Crippen LogP) is 2.97. The molecular formula is C22H25N3O4S2. The first-order valence-corrected chi connectivity index (χ1v) is 13.1. The quantitative estimate of drug-likeness (QED) is 0.598. The number of nitrogens with zero attached hydrogens (tertiary/aromatic N) is 3. The molecule has 3 aromatic rings. The average Bonchev–Trinajstić information content (AvgIpc) is 3.14. The van der Waals surface area contributed by atoms with E-state index in [4.69, 9.17) is 0 Å². The Morgan fingerprint density at radius 1 is 1.00 bits per heavy atom. The molecule has 0 fully saturated rings. The molecule has 164 valence electrons. The molecule has 0 amide bonds. The minimum Gasteiger partial charge on any atom is -0.339 e. The van der Waals surface area contributed by atoms with E-state index in [2.05, 4.69) is 4.98 Å². The lowest BCUT2D eigenvalue weighted by atomic mass is 9.78. The van der Waals surface area contributed by atoms with Crippen LogP contribution in [0.1, 0.15) is 25.0 Å². The van der Waals surface area contributed by atoms with Crippen molar-refractivity contribution in [3.8, 4) is 11.1 Å². The van der Waals surface area contributed by atoms with Gasteiger partial charge in [0.15, 0.2) is 14.9 Å². The molecule has 0 bridgehead atoms. The predicted molar refractivity (Wildman–Crippen MR) is 119 cm³/mol. The van der Waals surface area contributed by atoms with Crippen molar-refractivity contribution >= 4 is 19.9 Å². The fourth-order valence-electron chi connectivity index (χ4n) is 4.03. The number of rotatable bonds is 4. The Kier molecular flexibility index (Phi) is 5.11. The summed E-state index contributed by atoms with van der Waals surface area (Å²) in [6.45, 7) is 4.62. The van der Waals surface area contributed by atoms with Crippen molar-refractivity contribution in [2.45, 2.75) is 35.7 Å². The molecule has 4 rings (SSSR count). The molecule has 1 aliphatic rings. The standard InChI is InChI=1S/C22H25N3O4S2/c1-22(2)14-25(31(28,29)21-13-24(3)15-23-21)12-18-9-8-17(11-20(18)22)16-6-5-7-19(10-16)30(4,26)27/h5-11,13,15H,12,14H2,1-4H3. The first-order valence-electron chi connectivity index (χ1n) is 9.80. The van der Waals surface area contributed by atoms with E-state index in [-0.39, 0.29) is 16.5 Å². The van der Waals surface area contributed by atoms with Gasteiger partial charge in [0.25, 0.3) is 10.0 Å². The Labute approximate surface area is 183 Å². The molecule has 2 heterocycles. The van der Waals surface area contributed by atoms with Crippen LogP contribution in [0.25, 0.3) is 11.1 Å². The highest BCUT2D eigenvalue weighted by Gasteiger charge is 2.38. The van der Waals surface area contributed by atoms with Crippen LogP contribution >= 0.6 is 0 Å². The lowest BCUT2D eigenvalue weighted by Gasteiger charge is -2.39. The Hall–Kier alpha value is -2.49. The maximum absolute atomic E-state index is 13.1. The first-order chi connectivity index (χ1) is 14.4. The zero-order valence-corrected chi connectivity index (χ0v) is 19.5. The third-order valence-electron chi connectivity index (χ3n) is 5.64. The van der Waals surface area contributed by atoms with Crippen molar-refractivity contribution in [3.05, 3.63) is 66.1 Å². The largest absolute Gasteiger partial charge is 0.339 e. The van der Waals surface area contributed by atoms with Gasteiger partial charge in [0, 0.05) is 38.0 Å². The minimum absolute atomic E-state index is 0.0449. The van der Waals surface area contributed by atoms with Crippen molar-refractivity contribution in [2.75, 3.05) is 12.8 Å². The number of aryl methyl sites for hydroxylation is 1. The monoisotopic (exact) mass is 459 g/mol. The van der Waals surface area contributed by atoms with Gasteiger partial charge in [-0.15, -0.1) is 0 Å². The van der Waals surface area contributed by atoms with Crippen molar-refractivity contribution in [3.63, 3.8) is 0 Å². The number of hydrogen-bond donors (Lipinski definition) is 0. The van der Waals surface area contributed by atoms with Gasteiger partial charge < -0.3 is 4.57 Å². The number of sulfone groups is 1. The summed E-state index contributed by atoms with van der Waals surface area (Å²) in [4.78, 5) is 4.31. The molecule has 0 aliphatic carbocycles. The SMILES string of the molecule is Cn1cnc(S(=O)(=O)N2Cc3ccc(-c4cccc(S(C)(=O)=O)c4)cc3C(C)(C)C2)c1. The van der Waals surface area contributed by atoms with Crippen molar-refractivity contribution in [1.82, 2.24) is 13.9 Å². The average molecular weight is 460 g/mol. The van der Waals surface area contributed by atoms with E-state index < -0.39 is 25.3 Å². The van der Waals surface area contributed by atoms with Gasteiger partial charge in [-0.3, -0.25) is 0 Å². The number of imidazole rings is 1. The Morgan fingerprint density at radius 3 is 2.35 bits per heavy atom. The van der Waals surface area contributed by atoms with E-state index in [1.165, 1.54) is 23.1 Å². The van der Waals surface area contributed by atoms with Gasteiger partial charge in [-0.2, -0.15) is 4.31 Å². The van der Waals surface area contributed by atoms with Gasteiger partial charge in [-0.1, -0.05) is 44.2 Å². The van der Waals surface area contributed by atoms with E-state index in [0.29, 0.717) is 6.54 Å². The Balaban J connectivity index is 1.73. The minimum atomic E-state index is -3.70. The van der Waals surface area contributed by atoms with Crippen LogP contribution in [-0.2, 0) is 38.9 Å². The molecule has 0 saturated heterocycles. The molecule has 7 nitrogen and oxygen atoms in total. The molecule has 0 radical (unpaired) electrons. The second-order valence-corrected chi connectivity index (χ2v) is 12.6. The number of benzene rings is 2. The van der Waals surface area contributed by atoms with Crippen LogP contribution in [0.4, 0.5) is 0 Å². The van der Waals surface area contributed by atoms with E-state index in [1.807, 2.05) is 38.1 Å². The van der Waals surface area contributed by atoms with Crippen LogP contribution in [0.2, 0.25) is 0 Å². The molecule has 0 N–H and O–H groups in total. The summed E-state index contributed by atoms with van der Waals surface area (Å²) in [6, 6.07) is 12.8. The number of fused-ring (bicyclic) bond motifs is 1. The molecule has 0 saturated carbocycles. The second kappa shape index (κ2) is 7.29. The highest BCUT2D eigenvalue weighted by atomic mass is 32.2. The van der Waals surface area contributed by atoms with Crippen molar-refractivity contribution in [2.24, 2.45) is 7.05 Å². The van der Waals surface area contributed by atoms with Crippen molar-refractivity contribution < 1.29 is 16.8 Å². The lowest BCUT2D eigenvalue weighted by Crippen LogP contribution is -2.45. The van der Waals surface area contributed by atoms with E-state index in [9.17, 15) is 16.8 Å². The molecule has 1 aromatic heterocycles. The van der Waals surface area contributed by atoms with Gasteiger partial charge in [0.1, 0.15) is 0 Å². The number of hydrogen-bond acceptors (Lipinski definition) is 5. The summed E-state index contributed by atoms with van der Waals surface area (Å²) in [6.07, 6.45) is 4.18. The normalized spacial score (nSPS) is 16.8. The van der Waals surface area contributed by atoms with Crippen molar-refractivity contribution in [1.29, 1.82) is 0 Å². The molecule has 0 atom stereocenters. The topological polar surface area (TPSA) is 89.3 Å². The third kappa shape index (κ3) is 4.05. The summed E-state index contributed by atoms with van der Waals surface area (Å²) in [5.74, 6) is 0. The van der Waals surface area contributed by atoms with Gasteiger partial charge >= 0.3 is 0 Å². The highest BCUT2D eigenvalue weighted by molar-refractivity contribution is 7.90. The summed E-state index contributed by atoms with van der Waals surface area (Å²) in [5.41, 5.74) is 3.27. The van der Waals surface area contributed by atoms with Crippen LogP contribution in [0.5, 0.6) is 0 Å². The van der Waals surface area contributed by atoms with Crippen LogP contribution in [0, 0.1) is 0 Å². The fraction of sp³-hybridized carbons (Fsp3) is 0.318. The van der Waals surface area contributed by atoms with Gasteiger partial charge in [0.05, 0.1) is 11.2 Å². The van der Waals surface area contributed by atoms with Crippen LogP contribution in [0.3, 0.4) is 0 Å². The van der Waals surface area contributed by atoms with Crippen LogP contribution in [-0.4, -0.2) is 43.5 Å². The maximum Gasteiger partial charge on any atom is 0.262 e. The van der Waals surface area contributed by atoms with Crippen LogP contribution in [0.15, 0.2) is 64.9 Å². The summed E-state index contributed by atoms with van der Waals surface area (Å²) in [5, 5.41) is 0.0449. The van der Waals surface area contributed by atoms with E-state index in [1.54, 1.807) is 29.8 Å². The molecule has 0 unspecified atom stereocenters. The molecule has 0 spiro atoms. The van der Waals surface area contributed by atoms with Gasteiger partial charge in [-0.05, 0) is 34.4 Å². The summed E-state index contributed by atoms with van der Waals surface area (Å²) < 4.78 is 53.2. The second-order valence-electron chi connectivity index (χ2n) is 8.71. The van der Waals surface area contributed by atoms with E-state index in [0.717, 1.165) is 22.3 Å². The fourth-order valence-corrected chi connectivity index (χ4v) is 6.24. The maximum atomic E-state index is 13.1. The smallest absolute Gasteiger partial charge is 0.262 e. The summed E-state index contributed by atoms with van der Waals surface area (Å²) >= 11 is 0. The molecular weight excluding hydrogens is 434 g/mol. The molecule has 1 aliphatic heterocycles. The molecule has 31 heavy (non-hydrogen) atoms. The third-order valence-corrected chi connectivity index (χ3v) is 8.43. The Morgan fingerprint density at radius 2 is 1.71 bits per heavy atom. The van der Waals surface area contributed by atoms with Gasteiger partial charge in [-0.25, -0.2) is 21.8 Å². The summed E-state index contributed by atoms with van der Waals surface area (Å²) in [7, 11) is -5.27. The zero-order valence-electron chi connectivity index (χ0n) is 17.9. The molecule has 2 aromatic carbocycles. The van der Waals surface area contributed by atoms with E-state index >= 15 is 0 Å². The Bertz CT molecular complexity index is 1370. The lowest BCUT2D eigenvalue weighted by molar-refractivity contribution is 0.299. The molecule has 9 heteroatoms. The zero-order chi connectivity index (χ0) is 22.6. The van der Waals surface area contributed by atoms with Crippen LogP contribution < -0.4 is 0 Å². The first kappa shape index (κ1) is 21.7. The number of aromatic nitrogens is 2. The van der Waals surface area contributed by atoms with Gasteiger partial charge in [0.2, 0.25) is 0 Å².